The molecular weight excluding hydrogens is 593 g/mol. The molecule has 0 bridgehead atoms. The molecule has 0 saturated heterocycles. The van der Waals surface area contributed by atoms with Gasteiger partial charge in [0.1, 0.15) is 17.8 Å². The Hall–Kier alpha value is -2.93. The van der Waals surface area contributed by atoms with Gasteiger partial charge in [0.05, 0.1) is 17.1 Å². The second-order valence-corrected chi connectivity index (χ2v) is 6.93. The molecule has 10 heteroatoms. The van der Waals surface area contributed by atoms with Gasteiger partial charge in [0, 0.05) is 17.6 Å². The second kappa shape index (κ2) is 8.67. The maximum Gasteiger partial charge on any atom is 2.00 e. The maximum absolute atomic E-state index is 14.0. The molecule has 4 aromatic heterocycles. The molecule has 4 aromatic rings. The number of halogens is 4. The van der Waals surface area contributed by atoms with Crippen LogP contribution in [0.4, 0.5) is 17.6 Å². The summed E-state index contributed by atoms with van der Waals surface area (Å²) >= 11 is 0. The van der Waals surface area contributed by atoms with Gasteiger partial charge in [-0.2, -0.15) is 5.10 Å². The van der Waals surface area contributed by atoms with E-state index in [1.54, 1.807) is 24.3 Å². The molecule has 0 amide bonds. The van der Waals surface area contributed by atoms with Gasteiger partial charge >= 0.3 is 21.1 Å². The first-order chi connectivity index (χ1) is 14.3. The van der Waals surface area contributed by atoms with Crippen LogP contribution in [0.1, 0.15) is 25.2 Å². The summed E-state index contributed by atoms with van der Waals surface area (Å²) < 4.78 is 55.3. The van der Waals surface area contributed by atoms with Crippen LogP contribution in [0.15, 0.2) is 42.6 Å². The molecule has 0 radical (unpaired) electrons. The van der Waals surface area contributed by atoms with Crippen molar-refractivity contribution in [1.82, 2.24) is 24.7 Å². The number of pyridine rings is 3. The zero-order chi connectivity index (χ0) is 21.5. The Labute approximate surface area is 189 Å². The van der Waals surface area contributed by atoms with Gasteiger partial charge in [0.15, 0.2) is 0 Å². The molecule has 160 valence electrons. The van der Waals surface area contributed by atoms with E-state index in [1.165, 1.54) is 10.9 Å². The molecule has 0 aromatic carbocycles. The first-order valence-electron chi connectivity index (χ1n) is 8.77. The van der Waals surface area contributed by atoms with E-state index >= 15 is 0 Å². The summed E-state index contributed by atoms with van der Waals surface area (Å²) in [6.45, 7) is 3.66. The molecular formula is C21H13F4N5Pt. The topological polar surface area (TPSA) is 56.5 Å². The number of hydrogen-bond acceptors (Lipinski definition) is 4. The van der Waals surface area contributed by atoms with Gasteiger partial charge in [-0.25, -0.2) is 8.78 Å². The van der Waals surface area contributed by atoms with Crippen LogP contribution in [0.3, 0.4) is 0 Å². The van der Waals surface area contributed by atoms with E-state index < -0.39 is 29.2 Å². The average molecular weight is 606 g/mol. The van der Waals surface area contributed by atoms with Gasteiger partial charge in [0.25, 0.3) is 0 Å². The molecule has 4 rings (SSSR count). The van der Waals surface area contributed by atoms with Crippen molar-refractivity contribution in [2.75, 3.05) is 0 Å². The van der Waals surface area contributed by atoms with Crippen LogP contribution in [0.25, 0.3) is 16.9 Å². The Kier molecular flexibility index (Phi) is 6.36. The van der Waals surface area contributed by atoms with E-state index in [4.69, 9.17) is 0 Å². The van der Waals surface area contributed by atoms with E-state index in [0.717, 1.165) is 12.1 Å². The molecule has 0 aliphatic rings. The Morgan fingerprint density at radius 3 is 2.19 bits per heavy atom. The van der Waals surface area contributed by atoms with E-state index in [-0.39, 0.29) is 38.0 Å². The van der Waals surface area contributed by atoms with Gasteiger partial charge in [-0.1, -0.05) is 23.8 Å². The van der Waals surface area contributed by atoms with Crippen LogP contribution in [-0.2, 0) is 26.5 Å². The molecule has 0 unspecified atom stereocenters. The number of hydrogen-bond donors (Lipinski definition) is 0. The Balaban J connectivity index is 0.00000272. The molecule has 0 fully saturated rings. The van der Waals surface area contributed by atoms with E-state index in [9.17, 15) is 17.6 Å². The van der Waals surface area contributed by atoms with Crippen LogP contribution in [-0.4, -0.2) is 24.7 Å². The second-order valence-electron chi connectivity index (χ2n) is 6.93. The number of rotatable bonds is 4. The summed E-state index contributed by atoms with van der Waals surface area (Å²) in [5.41, 5.74) is 0.319. The molecule has 4 heterocycles. The molecule has 31 heavy (non-hydrogen) atoms. The third-order valence-electron chi connectivity index (χ3n) is 4.58. The molecule has 0 atom stereocenters. The van der Waals surface area contributed by atoms with Crippen LogP contribution in [0.5, 0.6) is 0 Å². The van der Waals surface area contributed by atoms with Crippen LogP contribution < -0.4 is 0 Å². The third kappa shape index (κ3) is 4.42. The number of nitrogens with zero attached hydrogens (tertiary/aromatic N) is 5. The van der Waals surface area contributed by atoms with Crippen molar-refractivity contribution in [2.24, 2.45) is 0 Å². The van der Waals surface area contributed by atoms with Crippen molar-refractivity contribution in [1.29, 1.82) is 0 Å². The van der Waals surface area contributed by atoms with Crippen LogP contribution in [0.2, 0.25) is 0 Å². The van der Waals surface area contributed by atoms with Crippen molar-refractivity contribution in [3.63, 3.8) is 0 Å². The van der Waals surface area contributed by atoms with Gasteiger partial charge in [0.2, 0.25) is 0 Å². The van der Waals surface area contributed by atoms with Gasteiger partial charge in [-0.15, -0.1) is 18.2 Å². The summed E-state index contributed by atoms with van der Waals surface area (Å²) in [6, 6.07) is 13.4. The summed E-state index contributed by atoms with van der Waals surface area (Å²) in [5.74, 6) is -4.02. The van der Waals surface area contributed by atoms with Crippen molar-refractivity contribution < 1.29 is 38.6 Å². The fraction of sp³-hybridized carbons (Fsp3) is 0.143. The maximum atomic E-state index is 14.0. The van der Waals surface area contributed by atoms with E-state index in [0.29, 0.717) is 11.4 Å². The predicted octanol–water partition coefficient (Wildman–Crippen LogP) is 4.20. The minimum absolute atomic E-state index is 0. The first-order valence-corrected chi connectivity index (χ1v) is 8.77. The minimum atomic E-state index is -1.04. The SMILES string of the molecule is CC(C)(c1cccc(-c2[c-]cc(F)nc2F)n1)c1ccn(-c2[c-]cc(F)nc2F)n1.[Pt+2]. The summed E-state index contributed by atoms with van der Waals surface area (Å²) in [6.07, 6.45) is 1.49. The zero-order valence-corrected chi connectivity index (χ0v) is 18.4. The summed E-state index contributed by atoms with van der Waals surface area (Å²) in [5, 5.41) is 4.35. The quantitative estimate of drug-likeness (QED) is 0.199. The average Bonchev–Trinajstić information content (AvgIpc) is 3.19. The van der Waals surface area contributed by atoms with Crippen LogP contribution in [0, 0.1) is 35.9 Å². The zero-order valence-electron chi connectivity index (χ0n) is 16.1. The molecule has 5 nitrogen and oxygen atoms in total. The minimum Gasteiger partial charge on any atom is -0.322 e. The Morgan fingerprint density at radius 2 is 1.52 bits per heavy atom. The molecule has 0 aliphatic carbocycles. The molecule has 0 saturated carbocycles. The Bertz CT molecular complexity index is 1240. The van der Waals surface area contributed by atoms with E-state index in [2.05, 4.69) is 32.2 Å². The Morgan fingerprint density at radius 1 is 0.839 bits per heavy atom. The molecule has 0 N–H and O–H groups in total. The van der Waals surface area contributed by atoms with E-state index in [1.807, 2.05) is 13.8 Å². The van der Waals surface area contributed by atoms with Crippen LogP contribution >= 0.6 is 0 Å². The number of aromatic nitrogens is 5. The normalized spacial score (nSPS) is 11.3. The third-order valence-corrected chi connectivity index (χ3v) is 4.58. The van der Waals surface area contributed by atoms with Gasteiger partial charge in [-0.3, -0.25) is 18.4 Å². The van der Waals surface area contributed by atoms with Crippen molar-refractivity contribution in [2.45, 2.75) is 19.3 Å². The predicted molar refractivity (Wildman–Crippen MR) is 98.5 cm³/mol. The van der Waals surface area contributed by atoms with Crippen molar-refractivity contribution >= 4 is 0 Å². The first kappa shape index (κ1) is 22.7. The van der Waals surface area contributed by atoms with Gasteiger partial charge in [-0.05, 0) is 31.7 Å². The fourth-order valence-electron chi connectivity index (χ4n) is 2.92. The standard InChI is InChI=1S/C21H13F4N5.Pt/c1-21(2,16-10-11-30(29-16)14-7-9-18(23)28-20(14)25)15-5-3-4-13(26-15)12-6-8-17(22)27-19(12)24;/h3-5,8-11H,1-2H3;/q-2;+2. The molecule has 0 spiro atoms. The summed E-state index contributed by atoms with van der Waals surface area (Å²) in [4.78, 5) is 10.8. The molecule has 0 aliphatic heterocycles. The monoisotopic (exact) mass is 606 g/mol. The van der Waals surface area contributed by atoms with Crippen molar-refractivity contribution in [3.05, 3.63) is 89.9 Å². The smallest absolute Gasteiger partial charge is 0.322 e. The summed E-state index contributed by atoms with van der Waals surface area (Å²) in [7, 11) is 0. The largest absolute Gasteiger partial charge is 2.00 e. The van der Waals surface area contributed by atoms with Gasteiger partial charge < -0.3 is 9.97 Å². The van der Waals surface area contributed by atoms with Crippen molar-refractivity contribution in [3.8, 4) is 16.9 Å². The fourth-order valence-corrected chi connectivity index (χ4v) is 2.92.